The lowest BCUT2D eigenvalue weighted by Gasteiger charge is -2.52. The minimum Gasteiger partial charge on any atom is -0.503 e. The van der Waals surface area contributed by atoms with Crippen LogP contribution < -0.4 is 4.74 Å². The Bertz CT molecular complexity index is 1130. The van der Waals surface area contributed by atoms with Crippen LogP contribution in [0.1, 0.15) is 97.0 Å². The van der Waals surface area contributed by atoms with E-state index in [2.05, 4.69) is 48.5 Å². The summed E-state index contributed by atoms with van der Waals surface area (Å²) in [6, 6.07) is 3.99. The summed E-state index contributed by atoms with van der Waals surface area (Å²) in [6.07, 6.45) is 8.41. The number of halogens is 1. The van der Waals surface area contributed by atoms with Crippen LogP contribution in [0.5, 0.6) is 11.5 Å². The van der Waals surface area contributed by atoms with Gasteiger partial charge in [-0.1, -0.05) is 47.0 Å². The lowest BCUT2D eigenvalue weighted by atomic mass is 9.63. The molecule has 1 heterocycles. The van der Waals surface area contributed by atoms with Gasteiger partial charge >= 0.3 is 0 Å². The SMILES string of the molecule is COc1cc(C2C3=C(CC(C)(C)CC3=O)N(C3CCCCC3)C3=C2C(=O)CC(C)(C)C3)cc(Br)c1O. The van der Waals surface area contributed by atoms with Crippen molar-refractivity contribution in [2.45, 2.75) is 97.4 Å². The topological polar surface area (TPSA) is 66.8 Å². The highest BCUT2D eigenvalue weighted by Gasteiger charge is 2.50. The molecule has 3 aliphatic carbocycles. The van der Waals surface area contributed by atoms with Gasteiger partial charge in [0.05, 0.1) is 11.6 Å². The van der Waals surface area contributed by atoms with Crippen molar-refractivity contribution in [1.29, 1.82) is 0 Å². The zero-order chi connectivity index (χ0) is 26.0. The van der Waals surface area contributed by atoms with Crippen molar-refractivity contribution in [3.63, 3.8) is 0 Å². The number of carbonyl (C=O) groups excluding carboxylic acids is 2. The van der Waals surface area contributed by atoms with Crippen molar-refractivity contribution >= 4 is 27.5 Å². The number of benzene rings is 1. The maximum absolute atomic E-state index is 14.0. The summed E-state index contributed by atoms with van der Waals surface area (Å²) in [5.74, 6) is 0.203. The second-order valence-corrected chi connectivity index (χ2v) is 13.6. The summed E-state index contributed by atoms with van der Waals surface area (Å²) in [5.41, 5.74) is 4.37. The third kappa shape index (κ3) is 4.33. The van der Waals surface area contributed by atoms with Crippen LogP contribution in [0.15, 0.2) is 39.1 Å². The van der Waals surface area contributed by atoms with E-state index >= 15 is 0 Å². The van der Waals surface area contributed by atoms with Crippen molar-refractivity contribution < 1.29 is 19.4 Å². The zero-order valence-electron chi connectivity index (χ0n) is 22.2. The molecule has 0 spiro atoms. The average Bonchev–Trinajstić information content (AvgIpc) is 2.78. The van der Waals surface area contributed by atoms with Crippen LogP contribution in [0.2, 0.25) is 0 Å². The van der Waals surface area contributed by atoms with E-state index < -0.39 is 5.92 Å². The Morgan fingerprint density at radius 1 is 0.889 bits per heavy atom. The van der Waals surface area contributed by atoms with Crippen LogP contribution in [0.4, 0.5) is 0 Å². The van der Waals surface area contributed by atoms with Crippen LogP contribution >= 0.6 is 15.9 Å². The van der Waals surface area contributed by atoms with E-state index in [9.17, 15) is 14.7 Å². The summed E-state index contributed by atoms with van der Waals surface area (Å²) < 4.78 is 5.98. The van der Waals surface area contributed by atoms with Crippen molar-refractivity contribution in [2.75, 3.05) is 7.11 Å². The molecule has 0 aromatic heterocycles. The molecule has 6 heteroatoms. The summed E-state index contributed by atoms with van der Waals surface area (Å²) in [7, 11) is 1.52. The van der Waals surface area contributed by atoms with Gasteiger partial charge in [0, 0.05) is 47.3 Å². The molecule has 1 aromatic carbocycles. The lowest BCUT2D eigenvalue weighted by Crippen LogP contribution is -2.48. The van der Waals surface area contributed by atoms with Gasteiger partial charge in [0.25, 0.3) is 0 Å². The fraction of sp³-hybridized carbons (Fsp3) is 0.600. The van der Waals surface area contributed by atoms with Crippen LogP contribution in [0.3, 0.4) is 0 Å². The number of phenols is 1. The maximum atomic E-state index is 14.0. The first kappa shape index (κ1) is 25.6. The molecule has 0 radical (unpaired) electrons. The van der Waals surface area contributed by atoms with Gasteiger partial charge in [0.1, 0.15) is 0 Å². The Morgan fingerprint density at radius 3 is 1.92 bits per heavy atom. The van der Waals surface area contributed by atoms with E-state index in [1.165, 1.54) is 26.4 Å². The standard InChI is InChI=1S/C30H38BrNO4/c1-29(2)13-20-26(22(33)15-29)25(17-11-19(31)28(35)24(12-17)36-5)27-21(14-30(3,4)16-23(27)34)32(20)18-9-7-6-8-10-18/h11-12,18,25,35H,6-10,13-16H2,1-5H3. The number of hydrogen-bond donors (Lipinski definition) is 1. The van der Waals surface area contributed by atoms with E-state index in [1.807, 2.05) is 6.07 Å². The Labute approximate surface area is 223 Å². The number of allylic oxidation sites excluding steroid dienone is 4. The number of methoxy groups -OCH3 is 1. The number of Topliss-reactive ketones (excluding diaryl/α,β-unsaturated/α-hetero) is 2. The summed E-state index contributed by atoms with van der Waals surface area (Å²) in [5, 5.41) is 10.5. The molecule has 1 N–H and O–H groups in total. The molecular formula is C30H38BrNO4. The smallest absolute Gasteiger partial charge is 0.172 e. The molecule has 5 nitrogen and oxygen atoms in total. The average molecular weight is 557 g/mol. The fourth-order valence-electron chi connectivity index (χ4n) is 7.03. The van der Waals surface area contributed by atoms with Gasteiger partial charge in [0.15, 0.2) is 23.1 Å². The van der Waals surface area contributed by atoms with E-state index in [0.29, 0.717) is 29.1 Å². The molecule has 0 bridgehead atoms. The van der Waals surface area contributed by atoms with Gasteiger partial charge in [-0.2, -0.15) is 0 Å². The predicted octanol–water partition coefficient (Wildman–Crippen LogP) is 7.18. The van der Waals surface area contributed by atoms with Crippen molar-refractivity contribution in [2.24, 2.45) is 10.8 Å². The zero-order valence-corrected chi connectivity index (χ0v) is 23.8. The molecule has 1 saturated carbocycles. The minimum atomic E-state index is -0.437. The quantitative estimate of drug-likeness (QED) is 0.427. The second-order valence-electron chi connectivity index (χ2n) is 12.8. The van der Waals surface area contributed by atoms with Gasteiger partial charge in [-0.05, 0) is 70.1 Å². The van der Waals surface area contributed by atoms with Gasteiger partial charge in [0.2, 0.25) is 0 Å². The van der Waals surface area contributed by atoms with Crippen molar-refractivity contribution in [3.05, 3.63) is 44.7 Å². The van der Waals surface area contributed by atoms with Gasteiger partial charge < -0.3 is 14.7 Å². The molecule has 194 valence electrons. The third-order valence-electron chi connectivity index (χ3n) is 8.50. The van der Waals surface area contributed by atoms with Crippen molar-refractivity contribution in [1.82, 2.24) is 4.90 Å². The Kier molecular flexibility index (Phi) is 6.42. The molecule has 1 aromatic rings. The first-order valence-electron chi connectivity index (χ1n) is 13.3. The molecular weight excluding hydrogens is 518 g/mol. The molecule has 0 amide bonds. The normalized spacial score (nSPS) is 24.7. The van der Waals surface area contributed by atoms with E-state index in [4.69, 9.17) is 4.74 Å². The molecule has 0 unspecified atom stereocenters. The summed E-state index contributed by atoms with van der Waals surface area (Å²) in [4.78, 5) is 30.4. The molecule has 0 atom stereocenters. The van der Waals surface area contributed by atoms with Crippen LogP contribution in [0.25, 0.3) is 0 Å². The number of rotatable bonds is 3. The monoisotopic (exact) mass is 555 g/mol. The first-order chi connectivity index (χ1) is 16.9. The predicted molar refractivity (Wildman–Crippen MR) is 144 cm³/mol. The highest BCUT2D eigenvalue weighted by atomic mass is 79.9. The Balaban J connectivity index is 1.80. The summed E-state index contributed by atoms with van der Waals surface area (Å²) >= 11 is 3.48. The van der Waals surface area contributed by atoms with E-state index in [-0.39, 0.29) is 28.1 Å². The fourth-order valence-corrected chi connectivity index (χ4v) is 7.49. The number of aromatic hydroxyl groups is 1. The Morgan fingerprint density at radius 2 is 1.42 bits per heavy atom. The molecule has 4 aliphatic rings. The molecule has 36 heavy (non-hydrogen) atoms. The Hall–Kier alpha value is -2.08. The maximum Gasteiger partial charge on any atom is 0.172 e. The molecule has 5 rings (SSSR count). The number of hydrogen-bond acceptors (Lipinski definition) is 5. The van der Waals surface area contributed by atoms with Crippen molar-refractivity contribution in [3.8, 4) is 11.5 Å². The first-order valence-corrected chi connectivity index (χ1v) is 14.1. The molecule has 0 saturated heterocycles. The second kappa shape index (κ2) is 9.04. The van der Waals surface area contributed by atoms with Gasteiger partial charge in [-0.3, -0.25) is 9.59 Å². The highest BCUT2D eigenvalue weighted by Crippen LogP contribution is 2.56. The molecule has 1 aliphatic heterocycles. The number of nitrogens with zero attached hydrogens (tertiary/aromatic N) is 1. The van der Waals surface area contributed by atoms with Gasteiger partial charge in [-0.15, -0.1) is 0 Å². The number of carbonyl (C=O) groups is 2. The number of phenolic OH excluding ortho intramolecular Hbond substituents is 1. The van der Waals surface area contributed by atoms with E-state index in [1.54, 1.807) is 6.07 Å². The minimum absolute atomic E-state index is 0.0245. The number of ketones is 2. The van der Waals surface area contributed by atoms with Gasteiger partial charge in [-0.25, -0.2) is 0 Å². The highest BCUT2D eigenvalue weighted by molar-refractivity contribution is 9.10. The van der Waals surface area contributed by atoms with E-state index in [0.717, 1.165) is 53.8 Å². The lowest BCUT2D eigenvalue weighted by molar-refractivity contribution is -0.119. The van der Waals surface area contributed by atoms with Crippen LogP contribution in [-0.4, -0.2) is 34.7 Å². The largest absolute Gasteiger partial charge is 0.503 e. The molecule has 1 fully saturated rings. The van der Waals surface area contributed by atoms with Crippen LogP contribution in [0, 0.1) is 10.8 Å². The third-order valence-corrected chi connectivity index (χ3v) is 9.10. The van der Waals surface area contributed by atoms with Crippen LogP contribution in [-0.2, 0) is 9.59 Å². The summed E-state index contributed by atoms with van der Waals surface area (Å²) in [6.45, 7) is 8.73. The number of ether oxygens (including phenoxy) is 1.